The molecule has 144 valence electrons. The summed E-state index contributed by atoms with van der Waals surface area (Å²) in [7, 11) is 3.46. The van der Waals surface area contributed by atoms with Crippen molar-refractivity contribution in [2.24, 2.45) is 4.99 Å². The second kappa shape index (κ2) is 8.82. The number of carbonyl (C=O) groups excluding carboxylic acids is 1. The van der Waals surface area contributed by atoms with Crippen LogP contribution in [0.25, 0.3) is 0 Å². The summed E-state index contributed by atoms with van der Waals surface area (Å²) in [6.45, 7) is 11.5. The van der Waals surface area contributed by atoms with Gasteiger partial charge in [0.25, 0.3) is 0 Å². The molecule has 2 rings (SSSR count). The van der Waals surface area contributed by atoms with E-state index in [0.29, 0.717) is 18.4 Å². The molecular formula is C18H31N7O. The molecule has 0 saturated heterocycles. The fourth-order valence-electron chi connectivity index (χ4n) is 2.56. The molecule has 0 fully saturated rings. The highest BCUT2D eigenvalue weighted by molar-refractivity contribution is 5.85. The third-order valence-electron chi connectivity index (χ3n) is 4.16. The molecule has 0 bridgehead atoms. The number of nitrogens with one attached hydrogen (secondary N) is 2. The zero-order valence-corrected chi connectivity index (χ0v) is 16.5. The third kappa shape index (κ3) is 5.57. The lowest BCUT2D eigenvalue weighted by molar-refractivity contribution is -0.127. The van der Waals surface area contributed by atoms with E-state index in [-0.39, 0.29) is 18.5 Å². The van der Waals surface area contributed by atoms with Crippen LogP contribution in [0.4, 0.5) is 0 Å². The van der Waals surface area contributed by atoms with Gasteiger partial charge >= 0.3 is 0 Å². The lowest BCUT2D eigenvalue weighted by Gasteiger charge is -2.25. The Hall–Kier alpha value is -2.38. The first-order valence-electron chi connectivity index (χ1n) is 9.09. The summed E-state index contributed by atoms with van der Waals surface area (Å²) < 4.78 is 1.98. The Morgan fingerprint density at radius 2 is 2.19 bits per heavy atom. The van der Waals surface area contributed by atoms with Crippen molar-refractivity contribution >= 4 is 11.9 Å². The largest absolute Gasteiger partial charge is 0.353 e. The van der Waals surface area contributed by atoms with Gasteiger partial charge in [0.15, 0.2) is 11.8 Å². The molecule has 0 aromatic carbocycles. The van der Waals surface area contributed by atoms with Crippen molar-refractivity contribution in [2.45, 2.75) is 52.1 Å². The second-order valence-electron chi connectivity index (χ2n) is 7.37. The molecule has 8 heteroatoms. The Kier molecular flexibility index (Phi) is 6.76. The van der Waals surface area contributed by atoms with Crippen molar-refractivity contribution in [3.63, 3.8) is 0 Å². The number of hydrogen-bond donors (Lipinski definition) is 2. The number of likely N-dealkylation sites (N-methyl/N-ethyl adjacent to an activating group) is 1. The second-order valence-corrected chi connectivity index (χ2v) is 7.37. The van der Waals surface area contributed by atoms with Crippen molar-refractivity contribution in [2.75, 3.05) is 27.2 Å². The highest BCUT2D eigenvalue weighted by Gasteiger charge is 2.23. The van der Waals surface area contributed by atoms with E-state index in [1.54, 1.807) is 14.1 Å². The highest BCUT2D eigenvalue weighted by atomic mass is 16.2. The molecule has 1 aromatic rings. The number of guanidine groups is 1. The van der Waals surface area contributed by atoms with E-state index in [4.69, 9.17) is 0 Å². The number of nitrogens with zero attached hydrogens (tertiary/aromatic N) is 5. The summed E-state index contributed by atoms with van der Waals surface area (Å²) in [6, 6.07) is 0.190. The molecule has 1 aliphatic heterocycles. The summed E-state index contributed by atoms with van der Waals surface area (Å²) >= 11 is 0. The molecule has 1 unspecified atom stereocenters. The molecule has 0 saturated carbocycles. The Balaban J connectivity index is 2.03. The fraction of sp³-hybridized carbons (Fsp3) is 0.667. The summed E-state index contributed by atoms with van der Waals surface area (Å²) in [5, 5.41) is 11.3. The average molecular weight is 361 g/mol. The van der Waals surface area contributed by atoms with Crippen LogP contribution in [0.15, 0.2) is 17.1 Å². The number of fused-ring (bicyclic) bond motifs is 1. The van der Waals surface area contributed by atoms with Gasteiger partial charge in [-0.1, -0.05) is 26.0 Å². The molecule has 0 radical (unpaired) electrons. The number of aryl methyl sites for hydroxylation is 1. The van der Waals surface area contributed by atoms with E-state index in [9.17, 15) is 4.79 Å². The SMILES string of the molecule is C=C(C)CNC(=NCC(=O)N(C)C)NC1CCc2nc(C(C)C)nn2C1. The van der Waals surface area contributed by atoms with Crippen LogP contribution in [-0.4, -0.2) is 64.8 Å². The van der Waals surface area contributed by atoms with Gasteiger partial charge in [-0.2, -0.15) is 5.10 Å². The van der Waals surface area contributed by atoms with Crippen molar-refractivity contribution in [3.05, 3.63) is 23.8 Å². The minimum atomic E-state index is -0.0368. The quantitative estimate of drug-likeness (QED) is 0.447. The number of aromatic nitrogens is 3. The van der Waals surface area contributed by atoms with Crippen molar-refractivity contribution in [1.82, 2.24) is 30.3 Å². The zero-order chi connectivity index (χ0) is 19.3. The van der Waals surface area contributed by atoms with E-state index in [0.717, 1.165) is 36.6 Å². The molecule has 8 nitrogen and oxygen atoms in total. The molecule has 0 spiro atoms. The first-order valence-corrected chi connectivity index (χ1v) is 9.09. The molecule has 2 N–H and O–H groups in total. The molecule has 0 aliphatic carbocycles. The van der Waals surface area contributed by atoms with Gasteiger partial charge < -0.3 is 15.5 Å². The maximum Gasteiger partial charge on any atom is 0.243 e. The van der Waals surface area contributed by atoms with Gasteiger partial charge in [-0.3, -0.25) is 4.79 Å². The summed E-state index contributed by atoms with van der Waals surface area (Å²) in [4.78, 5) is 22.4. The number of hydrogen-bond acceptors (Lipinski definition) is 4. The standard InChI is InChI=1S/C18H31N7O/c1-12(2)9-19-18(20-10-16(26)24(5)6)21-14-7-8-15-22-17(13(3)4)23-25(15)11-14/h13-14H,1,7-11H2,2-6H3,(H2,19,20,21). The van der Waals surface area contributed by atoms with E-state index < -0.39 is 0 Å². The fourth-order valence-corrected chi connectivity index (χ4v) is 2.56. The van der Waals surface area contributed by atoms with Gasteiger partial charge in [0.1, 0.15) is 12.4 Å². The zero-order valence-electron chi connectivity index (χ0n) is 16.5. The Bertz CT molecular complexity index is 675. The van der Waals surface area contributed by atoms with E-state index in [1.807, 2.05) is 11.6 Å². The Labute approximate surface area is 155 Å². The van der Waals surface area contributed by atoms with Crippen LogP contribution in [0.5, 0.6) is 0 Å². The summed E-state index contributed by atoms with van der Waals surface area (Å²) in [5.41, 5.74) is 1.00. The van der Waals surface area contributed by atoms with Crippen LogP contribution in [0.2, 0.25) is 0 Å². The molecular weight excluding hydrogens is 330 g/mol. The normalized spacial score (nSPS) is 17.0. The predicted molar refractivity (Wildman–Crippen MR) is 103 cm³/mol. The Morgan fingerprint density at radius 3 is 2.81 bits per heavy atom. The van der Waals surface area contributed by atoms with Crippen LogP contribution in [0, 0.1) is 0 Å². The number of rotatable bonds is 6. The highest BCUT2D eigenvalue weighted by Crippen LogP contribution is 2.16. The molecule has 1 atom stereocenters. The predicted octanol–water partition coefficient (Wildman–Crippen LogP) is 0.916. The van der Waals surface area contributed by atoms with Crippen molar-refractivity contribution in [1.29, 1.82) is 0 Å². The monoisotopic (exact) mass is 361 g/mol. The lowest BCUT2D eigenvalue weighted by Crippen LogP contribution is -2.47. The molecule has 1 amide bonds. The van der Waals surface area contributed by atoms with E-state index in [2.05, 4.69) is 46.1 Å². The van der Waals surface area contributed by atoms with Crippen LogP contribution in [0.3, 0.4) is 0 Å². The topological polar surface area (TPSA) is 87.4 Å². The first kappa shape index (κ1) is 19.9. The molecule has 2 heterocycles. The number of amides is 1. The third-order valence-corrected chi connectivity index (χ3v) is 4.16. The lowest BCUT2D eigenvalue weighted by atomic mass is 10.1. The van der Waals surface area contributed by atoms with Crippen molar-refractivity contribution in [3.8, 4) is 0 Å². The molecule has 26 heavy (non-hydrogen) atoms. The van der Waals surface area contributed by atoms with Crippen LogP contribution in [-0.2, 0) is 17.8 Å². The molecule has 1 aromatic heterocycles. The van der Waals surface area contributed by atoms with Gasteiger partial charge in [-0.15, -0.1) is 0 Å². The molecule has 1 aliphatic rings. The maximum atomic E-state index is 11.8. The van der Waals surface area contributed by atoms with Crippen molar-refractivity contribution < 1.29 is 4.79 Å². The van der Waals surface area contributed by atoms with Gasteiger partial charge in [-0.25, -0.2) is 14.7 Å². The van der Waals surface area contributed by atoms with Gasteiger partial charge in [0.2, 0.25) is 5.91 Å². The maximum absolute atomic E-state index is 11.8. The number of carbonyl (C=O) groups is 1. The van der Waals surface area contributed by atoms with Crippen LogP contribution < -0.4 is 10.6 Å². The van der Waals surface area contributed by atoms with E-state index in [1.165, 1.54) is 4.90 Å². The Morgan fingerprint density at radius 1 is 1.46 bits per heavy atom. The summed E-state index contributed by atoms with van der Waals surface area (Å²) in [6.07, 6.45) is 1.83. The van der Waals surface area contributed by atoms with Gasteiger partial charge in [0, 0.05) is 39.0 Å². The minimum Gasteiger partial charge on any atom is -0.353 e. The van der Waals surface area contributed by atoms with E-state index >= 15 is 0 Å². The number of aliphatic imine (C=N–C) groups is 1. The smallest absolute Gasteiger partial charge is 0.243 e. The minimum absolute atomic E-state index is 0.0368. The first-order chi connectivity index (χ1) is 12.3. The average Bonchev–Trinajstić information content (AvgIpc) is 3.00. The van der Waals surface area contributed by atoms with Crippen LogP contribution >= 0.6 is 0 Å². The van der Waals surface area contributed by atoms with Gasteiger partial charge in [0.05, 0.1) is 6.54 Å². The van der Waals surface area contributed by atoms with Crippen LogP contribution in [0.1, 0.15) is 44.8 Å². The summed E-state index contributed by atoms with van der Waals surface area (Å²) in [5.74, 6) is 2.85. The van der Waals surface area contributed by atoms with Gasteiger partial charge in [-0.05, 0) is 13.3 Å².